The van der Waals surface area contributed by atoms with E-state index in [1.54, 1.807) is 9.05 Å². The molecule has 1 atom stereocenters. The van der Waals surface area contributed by atoms with Crippen molar-refractivity contribution >= 4 is 7.82 Å². The highest BCUT2D eigenvalue weighted by Crippen LogP contribution is 2.67. The molecule has 4 nitrogen and oxygen atoms in total. The van der Waals surface area contributed by atoms with Gasteiger partial charge in [-0.1, -0.05) is 0 Å². The molecule has 194 valence electrons. The van der Waals surface area contributed by atoms with E-state index in [1.807, 2.05) is 0 Å². The maximum atomic E-state index is 13.4. The average molecular weight is 548 g/mol. The molecule has 0 aromatic rings. The van der Waals surface area contributed by atoms with Crippen molar-refractivity contribution in [3.8, 4) is 0 Å². The van der Waals surface area contributed by atoms with Crippen molar-refractivity contribution in [1.82, 2.24) is 0 Å². The minimum atomic E-state index is -8.79. The summed E-state index contributed by atoms with van der Waals surface area (Å²) in [6.45, 7) is -1.20. The van der Waals surface area contributed by atoms with Crippen LogP contribution < -0.4 is 0 Å². The summed E-state index contributed by atoms with van der Waals surface area (Å²) in [7, 11) is -8.79. The maximum Gasteiger partial charge on any atom is 0.484 e. The van der Waals surface area contributed by atoms with E-state index in [0.717, 1.165) is 0 Å². The summed E-state index contributed by atoms with van der Waals surface area (Å²) >= 11 is 0. The number of phosphoric acid groups is 1. The predicted molar refractivity (Wildman–Crippen MR) is 58.3 cm³/mol. The quantitative estimate of drug-likeness (QED) is 0.266. The summed E-state index contributed by atoms with van der Waals surface area (Å²) in [6, 6.07) is 0. The van der Waals surface area contributed by atoms with E-state index >= 15 is 0 Å². The van der Waals surface area contributed by atoms with Gasteiger partial charge in [0.1, 0.15) is 0 Å². The number of rotatable bonds is 6. The van der Waals surface area contributed by atoms with Crippen LogP contribution >= 0.6 is 7.82 Å². The molecular weight excluding hydrogens is 545 g/mol. The fourth-order valence-electron chi connectivity index (χ4n) is 1.15. The minimum absolute atomic E-state index is 1.20. The van der Waals surface area contributed by atoms with Crippen LogP contribution in [0.3, 0.4) is 0 Å². The second kappa shape index (κ2) is 7.97. The Labute approximate surface area is 162 Å². The number of hydrogen-bond donors (Lipinski definition) is 0. The van der Waals surface area contributed by atoms with Crippen LogP contribution in [-0.4, -0.2) is 48.4 Å². The molecule has 0 amide bonds. The Bertz CT molecular complexity index is 638. The lowest BCUT2D eigenvalue weighted by Crippen LogP contribution is -2.58. The first-order valence-electron chi connectivity index (χ1n) is 6.49. The van der Waals surface area contributed by atoms with Gasteiger partial charge in [0.25, 0.3) is 0 Å². The van der Waals surface area contributed by atoms with Gasteiger partial charge in [-0.15, -0.1) is 0 Å². The SMILES string of the molecule is CC(F)(OP(=O)(OC(F)(C(F)(F)F)C(F)(F)F)OC(F)(C(F)(F)F)C(F)(F)F)C(F)(F)F. The Balaban J connectivity index is 7.01. The highest BCUT2D eigenvalue weighted by molar-refractivity contribution is 7.48. The van der Waals surface area contributed by atoms with Gasteiger partial charge < -0.3 is 0 Å². The fraction of sp³-hybridized carbons (Fsp3) is 1.00. The van der Waals surface area contributed by atoms with Gasteiger partial charge >= 0.3 is 56.3 Å². The summed E-state index contributed by atoms with van der Waals surface area (Å²) in [4.78, 5) is 0. The third-order valence-electron chi connectivity index (χ3n) is 2.72. The second-order valence-electron chi connectivity index (χ2n) is 5.32. The summed E-state index contributed by atoms with van der Waals surface area (Å²) in [5.74, 6) is -21.5. The highest BCUT2D eigenvalue weighted by atomic mass is 31.2. The molecule has 23 heteroatoms. The maximum absolute atomic E-state index is 13.4. The number of hydrogen-bond acceptors (Lipinski definition) is 4. The third kappa shape index (κ3) is 5.85. The van der Waals surface area contributed by atoms with Crippen LogP contribution in [0.2, 0.25) is 0 Å². The zero-order valence-corrected chi connectivity index (χ0v) is 14.8. The van der Waals surface area contributed by atoms with Crippen molar-refractivity contribution in [2.45, 2.75) is 55.4 Å². The molecule has 0 N–H and O–H groups in total. The van der Waals surface area contributed by atoms with Crippen LogP contribution in [0.5, 0.6) is 0 Å². The molecule has 0 heterocycles. The Morgan fingerprint density at radius 2 is 0.656 bits per heavy atom. The Hall–Kier alpha value is -1.15. The van der Waals surface area contributed by atoms with Crippen LogP contribution in [0.1, 0.15) is 6.92 Å². The Morgan fingerprint density at radius 1 is 0.438 bits per heavy atom. The molecule has 32 heavy (non-hydrogen) atoms. The third-order valence-corrected chi connectivity index (χ3v) is 4.24. The van der Waals surface area contributed by atoms with Gasteiger partial charge in [-0.25, -0.2) is 22.5 Å². The molecule has 0 radical (unpaired) electrons. The molecule has 0 fully saturated rings. The summed E-state index contributed by atoms with van der Waals surface area (Å²) in [5, 5.41) is 0. The fourth-order valence-corrected chi connectivity index (χ4v) is 2.82. The highest BCUT2D eigenvalue weighted by Gasteiger charge is 2.82. The molecule has 0 saturated carbocycles. The summed E-state index contributed by atoms with van der Waals surface area (Å²) in [5.41, 5.74) is 0. The molecule has 1 unspecified atom stereocenters. The van der Waals surface area contributed by atoms with Crippen molar-refractivity contribution in [2.24, 2.45) is 0 Å². The van der Waals surface area contributed by atoms with Gasteiger partial charge in [0.2, 0.25) is 0 Å². The van der Waals surface area contributed by atoms with Crippen molar-refractivity contribution in [1.29, 1.82) is 0 Å². The zero-order chi connectivity index (χ0) is 26.6. The molecule has 0 bridgehead atoms. The molecule has 0 aliphatic heterocycles. The molecule has 0 rings (SSSR count). The van der Waals surface area contributed by atoms with Gasteiger partial charge in [-0.05, 0) is 0 Å². The van der Waals surface area contributed by atoms with Crippen LogP contribution in [0.25, 0.3) is 0 Å². The number of alkyl halides is 18. The summed E-state index contributed by atoms with van der Waals surface area (Å²) < 4.78 is 243. The van der Waals surface area contributed by atoms with E-state index in [1.165, 1.54) is 0 Å². The molecule has 0 aromatic carbocycles. The van der Waals surface area contributed by atoms with E-state index in [4.69, 9.17) is 0 Å². The normalized spacial score (nSPS) is 18.0. The van der Waals surface area contributed by atoms with Gasteiger partial charge in [-0.2, -0.15) is 74.6 Å². The van der Waals surface area contributed by atoms with E-state index in [-0.39, 0.29) is 0 Å². The van der Waals surface area contributed by atoms with Crippen molar-refractivity contribution < 1.29 is 97.2 Å². The Kier molecular flexibility index (Phi) is 7.68. The lowest BCUT2D eigenvalue weighted by Gasteiger charge is -2.37. The molecule has 0 aliphatic carbocycles. The van der Waals surface area contributed by atoms with E-state index in [2.05, 4.69) is 4.52 Å². The lowest BCUT2D eigenvalue weighted by molar-refractivity contribution is -0.429. The van der Waals surface area contributed by atoms with Gasteiger partial charge in [-0.3, -0.25) is 0 Å². The predicted octanol–water partition coefficient (Wildman–Crippen LogP) is 6.97. The molecular formula is C9H3F18O4P. The van der Waals surface area contributed by atoms with Crippen molar-refractivity contribution in [3.05, 3.63) is 0 Å². The summed E-state index contributed by atoms with van der Waals surface area (Å²) in [6.07, 6.45) is -37.6. The van der Waals surface area contributed by atoms with Crippen LogP contribution in [0.15, 0.2) is 0 Å². The topological polar surface area (TPSA) is 44.8 Å². The van der Waals surface area contributed by atoms with Gasteiger partial charge in [0.05, 0.1) is 0 Å². The minimum Gasteiger partial charge on any atom is -0.239 e. The van der Waals surface area contributed by atoms with E-state index < -0.39 is 63.2 Å². The van der Waals surface area contributed by atoms with Gasteiger partial charge in [0.15, 0.2) is 0 Å². The second-order valence-corrected chi connectivity index (χ2v) is 6.76. The van der Waals surface area contributed by atoms with Crippen LogP contribution in [0, 0.1) is 0 Å². The average Bonchev–Trinajstić information content (AvgIpc) is 2.39. The zero-order valence-electron chi connectivity index (χ0n) is 13.9. The molecule has 0 aliphatic rings. The smallest absolute Gasteiger partial charge is 0.239 e. The lowest BCUT2D eigenvalue weighted by atomic mass is 10.3. The van der Waals surface area contributed by atoms with Crippen LogP contribution in [0.4, 0.5) is 79.0 Å². The van der Waals surface area contributed by atoms with Crippen molar-refractivity contribution in [3.63, 3.8) is 0 Å². The largest absolute Gasteiger partial charge is 0.484 e. The molecule has 0 aromatic heterocycles. The van der Waals surface area contributed by atoms with E-state index in [9.17, 15) is 83.6 Å². The Morgan fingerprint density at radius 3 is 0.812 bits per heavy atom. The molecule has 0 saturated heterocycles. The molecule has 0 spiro atoms. The standard InChI is InChI=1S/C9H3F18O4P/c1-2(10,5(13,14)15)29-32(28,30-3(11,6(16,17)18)7(19,20)21)31-4(12,8(22,23)24)9(25,26)27/h1H3. The van der Waals surface area contributed by atoms with Crippen molar-refractivity contribution in [2.75, 3.05) is 0 Å². The first-order chi connectivity index (χ1) is 13.4. The van der Waals surface area contributed by atoms with E-state index in [0.29, 0.717) is 0 Å². The van der Waals surface area contributed by atoms with Gasteiger partial charge in [0, 0.05) is 6.92 Å². The first kappa shape index (κ1) is 30.8. The monoisotopic (exact) mass is 548 g/mol. The number of halogens is 18. The van der Waals surface area contributed by atoms with Crippen LogP contribution in [-0.2, 0) is 18.1 Å². The first-order valence-corrected chi connectivity index (χ1v) is 7.95. The number of phosphoric ester groups is 1.